The van der Waals surface area contributed by atoms with Gasteiger partial charge in [0.1, 0.15) is 5.75 Å². The van der Waals surface area contributed by atoms with Gasteiger partial charge in [-0.25, -0.2) is 0 Å². The Morgan fingerprint density at radius 1 is 1.15 bits per heavy atom. The minimum Gasteiger partial charge on any atom is -0.493 e. The summed E-state index contributed by atoms with van der Waals surface area (Å²) in [4.78, 5) is 0. The average molecular weight is 289 g/mol. The first-order chi connectivity index (χ1) is 9.41. The molecule has 0 heterocycles. The zero-order valence-corrected chi connectivity index (χ0v) is 12.0. The van der Waals surface area contributed by atoms with E-state index in [-0.39, 0.29) is 5.75 Å². The summed E-state index contributed by atoms with van der Waals surface area (Å²) < 4.78 is 43.4. The predicted molar refractivity (Wildman–Crippen MR) is 73.9 cm³/mol. The molecule has 1 aromatic rings. The van der Waals surface area contributed by atoms with Crippen LogP contribution in [0.15, 0.2) is 24.3 Å². The molecule has 0 aliphatic rings. The first kappa shape index (κ1) is 16.8. The van der Waals surface area contributed by atoms with Crippen molar-refractivity contribution in [3.8, 4) is 5.75 Å². The molecule has 1 rings (SSSR count). The summed E-state index contributed by atoms with van der Waals surface area (Å²) in [6, 6.07) is 5.32. The molecule has 5 heteroatoms. The van der Waals surface area contributed by atoms with Crippen molar-refractivity contribution in [3.05, 3.63) is 29.8 Å². The van der Waals surface area contributed by atoms with E-state index < -0.39 is 11.7 Å². The van der Waals surface area contributed by atoms with Gasteiger partial charge in [-0.05, 0) is 44.0 Å². The van der Waals surface area contributed by atoms with Crippen LogP contribution in [0.5, 0.6) is 5.75 Å². The second kappa shape index (κ2) is 8.15. The maximum absolute atomic E-state index is 12.7. The van der Waals surface area contributed by atoms with Crippen LogP contribution in [0.2, 0.25) is 0 Å². The van der Waals surface area contributed by atoms with Gasteiger partial charge in [0.05, 0.1) is 12.2 Å². The van der Waals surface area contributed by atoms with Crippen LogP contribution < -0.4 is 10.1 Å². The van der Waals surface area contributed by atoms with Crippen LogP contribution >= 0.6 is 0 Å². The molecular weight excluding hydrogens is 267 g/mol. The number of hydrogen-bond donors (Lipinski definition) is 1. The summed E-state index contributed by atoms with van der Waals surface area (Å²) in [5.74, 6) is 0.514. The molecule has 0 amide bonds. The molecule has 0 aliphatic carbocycles. The normalized spacial score (nSPS) is 11.9. The summed E-state index contributed by atoms with van der Waals surface area (Å²) in [7, 11) is 0. The molecule has 1 N–H and O–H groups in total. The number of nitrogens with one attached hydrogen (secondary N) is 1. The van der Waals surface area contributed by atoms with Gasteiger partial charge in [-0.2, -0.15) is 13.2 Å². The number of hydrogen-bond acceptors (Lipinski definition) is 2. The molecule has 0 bridgehead atoms. The van der Waals surface area contributed by atoms with Gasteiger partial charge in [0.25, 0.3) is 0 Å². The smallest absolute Gasteiger partial charge is 0.419 e. The van der Waals surface area contributed by atoms with Crippen molar-refractivity contribution in [1.82, 2.24) is 5.32 Å². The first-order valence-electron chi connectivity index (χ1n) is 6.91. The van der Waals surface area contributed by atoms with E-state index >= 15 is 0 Å². The lowest BCUT2D eigenvalue weighted by atomic mass is 10.2. The molecule has 0 aliphatic heterocycles. The fraction of sp³-hybridized carbons (Fsp3) is 0.600. The summed E-state index contributed by atoms with van der Waals surface area (Å²) in [6.07, 6.45) is -2.74. The number of para-hydroxylation sites is 1. The van der Waals surface area contributed by atoms with Crippen LogP contribution in [-0.2, 0) is 6.18 Å². The van der Waals surface area contributed by atoms with Crippen molar-refractivity contribution < 1.29 is 17.9 Å². The Morgan fingerprint density at radius 2 is 1.85 bits per heavy atom. The summed E-state index contributed by atoms with van der Waals surface area (Å²) in [5.41, 5.74) is -0.710. The van der Waals surface area contributed by atoms with Crippen LogP contribution in [0.25, 0.3) is 0 Å². The van der Waals surface area contributed by atoms with Crippen molar-refractivity contribution in [1.29, 1.82) is 0 Å². The number of halogens is 3. The van der Waals surface area contributed by atoms with Crippen LogP contribution in [-0.4, -0.2) is 19.7 Å². The fourth-order valence-electron chi connectivity index (χ4n) is 1.75. The van der Waals surface area contributed by atoms with E-state index in [1.54, 1.807) is 6.07 Å². The van der Waals surface area contributed by atoms with Crippen molar-refractivity contribution in [2.75, 3.05) is 19.7 Å². The quantitative estimate of drug-likeness (QED) is 0.727. The van der Waals surface area contributed by atoms with E-state index in [1.165, 1.54) is 12.1 Å². The Morgan fingerprint density at radius 3 is 2.50 bits per heavy atom. The van der Waals surface area contributed by atoms with E-state index in [0.717, 1.165) is 32.0 Å². The average Bonchev–Trinajstić information content (AvgIpc) is 2.36. The highest BCUT2D eigenvalue weighted by Crippen LogP contribution is 2.35. The maximum Gasteiger partial charge on any atom is 0.419 e. The zero-order chi connectivity index (χ0) is 15.0. The van der Waals surface area contributed by atoms with Gasteiger partial charge >= 0.3 is 6.18 Å². The molecule has 0 fully saturated rings. The third-order valence-corrected chi connectivity index (χ3v) is 2.75. The highest BCUT2D eigenvalue weighted by atomic mass is 19.4. The second-order valence-corrected chi connectivity index (χ2v) is 5.15. The molecular formula is C15H22F3NO. The SMILES string of the molecule is CC(C)CNCCCCOc1ccccc1C(F)(F)F. The third-order valence-electron chi connectivity index (χ3n) is 2.75. The van der Waals surface area contributed by atoms with E-state index in [2.05, 4.69) is 19.2 Å². The Balaban J connectivity index is 2.29. The minimum absolute atomic E-state index is 0.0878. The Kier molecular flexibility index (Phi) is 6.85. The van der Waals surface area contributed by atoms with Crippen LogP contribution in [0, 0.1) is 5.92 Å². The van der Waals surface area contributed by atoms with Gasteiger partial charge < -0.3 is 10.1 Å². The van der Waals surface area contributed by atoms with Crippen molar-refractivity contribution >= 4 is 0 Å². The molecule has 2 nitrogen and oxygen atoms in total. The molecule has 0 saturated heterocycles. The molecule has 1 aromatic carbocycles. The molecule has 0 saturated carbocycles. The van der Waals surface area contributed by atoms with Gasteiger partial charge in [0.15, 0.2) is 0 Å². The largest absolute Gasteiger partial charge is 0.493 e. The number of alkyl halides is 3. The number of rotatable bonds is 8. The monoisotopic (exact) mass is 289 g/mol. The molecule has 114 valence electrons. The van der Waals surface area contributed by atoms with Crippen molar-refractivity contribution in [2.24, 2.45) is 5.92 Å². The molecule has 20 heavy (non-hydrogen) atoms. The van der Waals surface area contributed by atoms with Crippen LogP contribution in [0.4, 0.5) is 13.2 Å². The summed E-state index contributed by atoms with van der Waals surface area (Å²) in [5, 5.41) is 3.28. The van der Waals surface area contributed by atoms with Gasteiger partial charge in [0, 0.05) is 0 Å². The van der Waals surface area contributed by atoms with E-state index in [9.17, 15) is 13.2 Å². The highest BCUT2D eigenvalue weighted by Gasteiger charge is 2.33. The summed E-state index contributed by atoms with van der Waals surface area (Å²) in [6.45, 7) is 6.38. The van der Waals surface area contributed by atoms with Gasteiger partial charge in [-0.15, -0.1) is 0 Å². The molecule has 0 aromatic heterocycles. The van der Waals surface area contributed by atoms with E-state index in [0.29, 0.717) is 12.5 Å². The Labute approximate surface area is 118 Å². The first-order valence-corrected chi connectivity index (χ1v) is 6.91. The minimum atomic E-state index is -4.37. The molecule has 0 spiro atoms. The fourth-order valence-corrected chi connectivity index (χ4v) is 1.75. The van der Waals surface area contributed by atoms with Crippen LogP contribution in [0.1, 0.15) is 32.3 Å². The zero-order valence-electron chi connectivity index (χ0n) is 12.0. The molecule has 0 radical (unpaired) electrons. The maximum atomic E-state index is 12.7. The lowest BCUT2D eigenvalue weighted by Gasteiger charge is -2.13. The number of benzene rings is 1. The lowest BCUT2D eigenvalue weighted by molar-refractivity contribution is -0.138. The van der Waals surface area contributed by atoms with Gasteiger partial charge in [-0.3, -0.25) is 0 Å². The summed E-state index contributed by atoms with van der Waals surface area (Å²) >= 11 is 0. The molecule has 0 unspecified atom stereocenters. The van der Waals surface area contributed by atoms with Gasteiger partial charge in [0.2, 0.25) is 0 Å². The Hall–Kier alpha value is -1.23. The predicted octanol–water partition coefficient (Wildman–Crippen LogP) is 4.11. The van der Waals surface area contributed by atoms with Gasteiger partial charge in [-0.1, -0.05) is 26.0 Å². The third kappa shape index (κ3) is 6.28. The molecule has 0 atom stereocenters. The lowest BCUT2D eigenvalue weighted by Crippen LogP contribution is -2.21. The van der Waals surface area contributed by atoms with Crippen molar-refractivity contribution in [2.45, 2.75) is 32.9 Å². The number of unbranched alkanes of at least 4 members (excludes halogenated alkanes) is 1. The standard InChI is InChI=1S/C15H22F3NO/c1-12(2)11-19-9-5-6-10-20-14-8-4-3-7-13(14)15(16,17)18/h3-4,7-8,12,19H,5-6,9-11H2,1-2H3. The number of ether oxygens (including phenoxy) is 1. The highest BCUT2D eigenvalue weighted by molar-refractivity contribution is 5.35. The topological polar surface area (TPSA) is 21.3 Å². The second-order valence-electron chi connectivity index (χ2n) is 5.15. The van der Waals surface area contributed by atoms with Crippen LogP contribution in [0.3, 0.4) is 0 Å². The van der Waals surface area contributed by atoms with E-state index in [4.69, 9.17) is 4.74 Å². The Bertz CT molecular complexity index is 391. The van der Waals surface area contributed by atoms with E-state index in [1.807, 2.05) is 0 Å². The van der Waals surface area contributed by atoms with Crippen molar-refractivity contribution in [3.63, 3.8) is 0 Å².